The molecule has 0 aliphatic heterocycles. The van der Waals surface area contributed by atoms with Gasteiger partial charge in [-0.25, -0.2) is 0 Å². The first kappa shape index (κ1) is 17.2. The third-order valence-corrected chi connectivity index (χ3v) is 5.64. The van der Waals surface area contributed by atoms with Gasteiger partial charge in [0.05, 0.1) is 0 Å². The molecule has 0 unspecified atom stereocenters. The number of halogens is 1. The molecule has 1 fully saturated rings. The molecule has 3 aromatic carbocycles. The first-order valence-corrected chi connectivity index (χ1v) is 9.74. The van der Waals surface area contributed by atoms with Gasteiger partial charge in [0.15, 0.2) is 0 Å². The van der Waals surface area contributed by atoms with Crippen LogP contribution in [0.25, 0.3) is 11.1 Å². The first-order chi connectivity index (χ1) is 12.8. The standard InChI is InChI=1S/C24H23ClO/c25-24-12-6-3-9-20(24)17-26-21-15-13-19(14-16-21)23-11-5-4-10-22(23)18-7-1-2-8-18/h3-6,9-16,18H,1-2,7-8,17H2. The van der Waals surface area contributed by atoms with Crippen molar-refractivity contribution in [1.29, 1.82) is 0 Å². The summed E-state index contributed by atoms with van der Waals surface area (Å²) in [5.41, 5.74) is 5.12. The Morgan fingerprint density at radius 3 is 2.27 bits per heavy atom. The Labute approximate surface area is 160 Å². The minimum absolute atomic E-state index is 0.484. The zero-order valence-electron chi connectivity index (χ0n) is 14.8. The van der Waals surface area contributed by atoms with Crippen LogP contribution in [0.3, 0.4) is 0 Å². The predicted octanol–water partition coefficient (Wildman–Crippen LogP) is 7.24. The van der Waals surface area contributed by atoms with E-state index in [4.69, 9.17) is 16.3 Å². The smallest absolute Gasteiger partial charge is 0.119 e. The SMILES string of the molecule is Clc1ccccc1COc1ccc(-c2ccccc2C2CCCC2)cc1. The highest BCUT2D eigenvalue weighted by atomic mass is 35.5. The van der Waals surface area contributed by atoms with Crippen molar-refractivity contribution in [2.24, 2.45) is 0 Å². The van der Waals surface area contributed by atoms with Gasteiger partial charge in [-0.1, -0.05) is 79.0 Å². The molecule has 26 heavy (non-hydrogen) atoms. The van der Waals surface area contributed by atoms with Crippen LogP contribution < -0.4 is 4.74 Å². The average molecular weight is 363 g/mol. The molecule has 4 rings (SSSR count). The summed E-state index contributed by atoms with van der Waals surface area (Å²) >= 11 is 6.20. The second-order valence-corrected chi connectivity index (χ2v) is 7.38. The summed E-state index contributed by atoms with van der Waals surface area (Å²) in [6, 6.07) is 25.1. The molecule has 0 bridgehead atoms. The molecule has 0 atom stereocenters. The summed E-state index contributed by atoms with van der Waals surface area (Å²) < 4.78 is 5.91. The van der Waals surface area contributed by atoms with Gasteiger partial charge in [0, 0.05) is 10.6 Å². The Bertz CT molecular complexity index is 863. The highest BCUT2D eigenvalue weighted by Gasteiger charge is 2.20. The summed E-state index contributed by atoms with van der Waals surface area (Å²) in [6.45, 7) is 0.484. The topological polar surface area (TPSA) is 9.23 Å². The maximum absolute atomic E-state index is 6.20. The fourth-order valence-corrected chi connectivity index (χ4v) is 4.05. The van der Waals surface area contributed by atoms with Crippen LogP contribution in [0, 0.1) is 0 Å². The van der Waals surface area contributed by atoms with E-state index in [1.165, 1.54) is 42.4 Å². The largest absolute Gasteiger partial charge is 0.489 e. The van der Waals surface area contributed by atoms with Gasteiger partial charge in [0.25, 0.3) is 0 Å². The van der Waals surface area contributed by atoms with Crippen LogP contribution in [0.1, 0.15) is 42.7 Å². The lowest BCUT2D eigenvalue weighted by atomic mass is 9.89. The van der Waals surface area contributed by atoms with Crippen LogP contribution in [0.5, 0.6) is 5.75 Å². The lowest BCUT2D eigenvalue weighted by molar-refractivity contribution is 0.306. The van der Waals surface area contributed by atoms with Crippen LogP contribution in [-0.4, -0.2) is 0 Å². The molecule has 0 radical (unpaired) electrons. The zero-order valence-corrected chi connectivity index (χ0v) is 15.6. The molecule has 0 aromatic heterocycles. The Hall–Kier alpha value is -2.25. The fraction of sp³-hybridized carbons (Fsp3) is 0.250. The molecule has 0 N–H and O–H groups in total. The van der Waals surface area contributed by atoms with E-state index < -0.39 is 0 Å². The van der Waals surface area contributed by atoms with Crippen LogP contribution in [0.15, 0.2) is 72.8 Å². The van der Waals surface area contributed by atoms with Crippen molar-refractivity contribution >= 4 is 11.6 Å². The average Bonchev–Trinajstić information content (AvgIpc) is 3.23. The summed E-state index contributed by atoms with van der Waals surface area (Å²) in [5, 5.41) is 0.745. The molecule has 3 aromatic rings. The fourth-order valence-electron chi connectivity index (χ4n) is 3.86. The molecule has 1 aliphatic rings. The monoisotopic (exact) mass is 362 g/mol. The lowest BCUT2D eigenvalue weighted by Gasteiger charge is -2.16. The highest BCUT2D eigenvalue weighted by Crippen LogP contribution is 2.39. The van der Waals surface area contributed by atoms with Crippen LogP contribution in [0.2, 0.25) is 5.02 Å². The van der Waals surface area contributed by atoms with Gasteiger partial charge < -0.3 is 4.74 Å². The van der Waals surface area contributed by atoms with Crippen molar-refractivity contribution in [3.8, 4) is 16.9 Å². The minimum Gasteiger partial charge on any atom is -0.489 e. The Kier molecular flexibility index (Phi) is 5.26. The normalized spacial score (nSPS) is 14.5. The van der Waals surface area contributed by atoms with Gasteiger partial charge in [-0.05, 0) is 53.6 Å². The second-order valence-electron chi connectivity index (χ2n) is 6.97. The van der Waals surface area contributed by atoms with Crippen LogP contribution in [-0.2, 0) is 6.61 Å². The minimum atomic E-state index is 0.484. The van der Waals surface area contributed by atoms with Gasteiger partial charge in [-0.3, -0.25) is 0 Å². The molecule has 0 heterocycles. The van der Waals surface area contributed by atoms with Gasteiger partial charge >= 0.3 is 0 Å². The number of hydrogen-bond donors (Lipinski definition) is 0. The van der Waals surface area contributed by atoms with E-state index >= 15 is 0 Å². The third-order valence-electron chi connectivity index (χ3n) is 5.27. The van der Waals surface area contributed by atoms with Gasteiger partial charge in [0.1, 0.15) is 12.4 Å². The molecular weight excluding hydrogens is 340 g/mol. The van der Waals surface area contributed by atoms with Crippen molar-refractivity contribution in [2.45, 2.75) is 38.2 Å². The number of benzene rings is 3. The van der Waals surface area contributed by atoms with E-state index in [0.29, 0.717) is 12.5 Å². The van der Waals surface area contributed by atoms with E-state index in [1.807, 2.05) is 24.3 Å². The molecule has 132 valence electrons. The predicted molar refractivity (Wildman–Crippen MR) is 109 cm³/mol. The summed E-state index contributed by atoms with van der Waals surface area (Å²) in [4.78, 5) is 0. The summed E-state index contributed by atoms with van der Waals surface area (Å²) in [5.74, 6) is 1.58. The first-order valence-electron chi connectivity index (χ1n) is 9.37. The van der Waals surface area contributed by atoms with Gasteiger partial charge in [-0.2, -0.15) is 0 Å². The van der Waals surface area contributed by atoms with Crippen molar-refractivity contribution in [3.05, 3.63) is 88.9 Å². The molecule has 0 saturated heterocycles. The Morgan fingerprint density at radius 2 is 1.50 bits per heavy atom. The van der Waals surface area contributed by atoms with Crippen LogP contribution >= 0.6 is 11.6 Å². The van der Waals surface area contributed by atoms with Gasteiger partial charge in [0.2, 0.25) is 0 Å². The molecule has 0 amide bonds. The molecule has 2 heteroatoms. The Morgan fingerprint density at radius 1 is 0.808 bits per heavy atom. The number of rotatable bonds is 5. The molecule has 1 nitrogen and oxygen atoms in total. The summed E-state index contributed by atoms with van der Waals surface area (Å²) in [6.07, 6.45) is 5.34. The van der Waals surface area contributed by atoms with Crippen LogP contribution in [0.4, 0.5) is 0 Å². The van der Waals surface area contributed by atoms with E-state index in [-0.39, 0.29) is 0 Å². The van der Waals surface area contributed by atoms with E-state index in [0.717, 1.165) is 16.3 Å². The number of hydrogen-bond acceptors (Lipinski definition) is 1. The lowest BCUT2D eigenvalue weighted by Crippen LogP contribution is -1.97. The molecular formula is C24H23ClO. The summed E-state index contributed by atoms with van der Waals surface area (Å²) in [7, 11) is 0. The second kappa shape index (κ2) is 7.97. The molecule has 0 spiro atoms. The molecule has 1 aliphatic carbocycles. The quantitative estimate of drug-likeness (QED) is 0.464. The number of ether oxygens (including phenoxy) is 1. The van der Waals surface area contributed by atoms with Crippen molar-refractivity contribution in [3.63, 3.8) is 0 Å². The van der Waals surface area contributed by atoms with E-state index in [2.05, 4.69) is 48.5 Å². The van der Waals surface area contributed by atoms with E-state index in [9.17, 15) is 0 Å². The Balaban J connectivity index is 1.51. The maximum Gasteiger partial charge on any atom is 0.119 e. The van der Waals surface area contributed by atoms with Crippen molar-refractivity contribution in [1.82, 2.24) is 0 Å². The third kappa shape index (κ3) is 3.78. The van der Waals surface area contributed by atoms with Crippen molar-refractivity contribution in [2.75, 3.05) is 0 Å². The van der Waals surface area contributed by atoms with E-state index in [1.54, 1.807) is 0 Å². The maximum atomic E-state index is 6.20. The zero-order chi connectivity index (χ0) is 17.8. The van der Waals surface area contributed by atoms with Gasteiger partial charge in [-0.15, -0.1) is 0 Å². The van der Waals surface area contributed by atoms with Crippen molar-refractivity contribution < 1.29 is 4.74 Å². The highest BCUT2D eigenvalue weighted by molar-refractivity contribution is 6.31. The molecule has 1 saturated carbocycles.